The molecule has 0 amide bonds. The highest BCUT2D eigenvalue weighted by Crippen LogP contribution is 2.25. The molecule has 2 N–H and O–H groups in total. The summed E-state index contributed by atoms with van der Waals surface area (Å²) in [6.07, 6.45) is 0.675. The van der Waals surface area contributed by atoms with E-state index in [1.54, 1.807) is 18.2 Å². The molecular formula is C16H15Cl2NO. The number of hydrogen-bond donors (Lipinski definition) is 1. The molecule has 0 fully saturated rings. The smallest absolute Gasteiger partial charge is 0.154 e. The van der Waals surface area contributed by atoms with Crippen LogP contribution in [-0.4, -0.2) is 11.8 Å². The monoisotopic (exact) mass is 307 g/mol. The predicted molar refractivity (Wildman–Crippen MR) is 83.3 cm³/mol. The van der Waals surface area contributed by atoms with Crippen molar-refractivity contribution < 1.29 is 4.79 Å². The van der Waals surface area contributed by atoms with Crippen LogP contribution in [0.15, 0.2) is 48.5 Å². The molecule has 20 heavy (non-hydrogen) atoms. The molecule has 4 heteroatoms. The summed E-state index contributed by atoms with van der Waals surface area (Å²) in [5.41, 5.74) is 7.64. The highest BCUT2D eigenvalue weighted by molar-refractivity contribution is 6.36. The number of hydrogen-bond acceptors (Lipinski definition) is 2. The Morgan fingerprint density at radius 1 is 1.00 bits per heavy atom. The van der Waals surface area contributed by atoms with E-state index in [0.717, 1.165) is 5.56 Å². The molecule has 2 aromatic carbocycles. The fraction of sp³-hybridized carbons (Fsp3) is 0.188. The number of halogens is 2. The van der Waals surface area contributed by atoms with E-state index >= 15 is 0 Å². The van der Waals surface area contributed by atoms with Crippen LogP contribution >= 0.6 is 23.2 Å². The van der Waals surface area contributed by atoms with Crippen LogP contribution in [0.3, 0.4) is 0 Å². The molecule has 1 unspecified atom stereocenters. The number of carbonyl (C=O) groups excluding carboxylic acids is 1. The average molecular weight is 308 g/mol. The third-order valence-electron chi connectivity index (χ3n) is 3.12. The van der Waals surface area contributed by atoms with Gasteiger partial charge in [-0.05, 0) is 29.7 Å². The minimum absolute atomic E-state index is 0.0659. The third kappa shape index (κ3) is 3.83. The molecule has 0 aliphatic heterocycles. The van der Waals surface area contributed by atoms with Crippen LogP contribution in [0.25, 0.3) is 0 Å². The second-order valence-electron chi connectivity index (χ2n) is 4.64. The summed E-state index contributed by atoms with van der Waals surface area (Å²) < 4.78 is 0. The Morgan fingerprint density at radius 2 is 1.60 bits per heavy atom. The van der Waals surface area contributed by atoms with Crippen LogP contribution in [0.5, 0.6) is 0 Å². The van der Waals surface area contributed by atoms with Gasteiger partial charge in [0.1, 0.15) is 0 Å². The molecule has 0 saturated carbocycles. The summed E-state index contributed by atoms with van der Waals surface area (Å²) in [6.45, 7) is 0. The largest absolute Gasteiger partial charge is 0.321 e. The minimum Gasteiger partial charge on any atom is -0.321 e. The maximum absolute atomic E-state index is 12.2. The molecule has 0 saturated heterocycles. The number of carbonyl (C=O) groups is 1. The number of Topliss-reactive ketones (excluding diaryl/α,β-unsaturated/α-hetero) is 1. The number of benzene rings is 2. The molecule has 0 heterocycles. The minimum atomic E-state index is -0.551. The summed E-state index contributed by atoms with van der Waals surface area (Å²) >= 11 is 12.1. The van der Waals surface area contributed by atoms with Gasteiger partial charge in [0.2, 0.25) is 0 Å². The Labute approximate surface area is 128 Å². The number of rotatable bonds is 5. The van der Waals surface area contributed by atoms with E-state index in [1.807, 2.05) is 30.3 Å². The highest BCUT2D eigenvalue weighted by Gasteiger charge is 2.17. The van der Waals surface area contributed by atoms with Crippen LogP contribution in [0.2, 0.25) is 10.0 Å². The lowest BCUT2D eigenvalue weighted by atomic mass is 9.98. The van der Waals surface area contributed by atoms with E-state index in [1.165, 1.54) is 0 Å². The molecule has 0 bridgehead atoms. The van der Waals surface area contributed by atoms with Crippen LogP contribution in [0, 0.1) is 0 Å². The van der Waals surface area contributed by atoms with Gasteiger partial charge >= 0.3 is 0 Å². The van der Waals surface area contributed by atoms with Crippen LogP contribution in [-0.2, 0) is 17.6 Å². The first kappa shape index (κ1) is 15.0. The standard InChI is InChI=1S/C16H15Cl2NO/c17-13-7-4-8-14(18)12(13)10-16(20)15(19)9-11-5-2-1-3-6-11/h1-8,15H,9-10,19H2. The second-order valence-corrected chi connectivity index (χ2v) is 5.45. The molecule has 2 aromatic rings. The lowest BCUT2D eigenvalue weighted by molar-refractivity contribution is -0.119. The van der Waals surface area contributed by atoms with Crippen molar-refractivity contribution in [2.75, 3.05) is 0 Å². The SMILES string of the molecule is NC(Cc1ccccc1)C(=O)Cc1c(Cl)cccc1Cl. The zero-order valence-corrected chi connectivity index (χ0v) is 12.4. The third-order valence-corrected chi connectivity index (χ3v) is 3.83. The Hall–Kier alpha value is -1.35. The lowest BCUT2D eigenvalue weighted by Gasteiger charge is -2.12. The summed E-state index contributed by atoms with van der Waals surface area (Å²) in [5, 5.41) is 0.996. The van der Waals surface area contributed by atoms with E-state index in [-0.39, 0.29) is 12.2 Å². The van der Waals surface area contributed by atoms with Crippen molar-refractivity contribution in [3.8, 4) is 0 Å². The topological polar surface area (TPSA) is 43.1 Å². The molecule has 104 valence electrons. The first-order valence-electron chi connectivity index (χ1n) is 6.33. The highest BCUT2D eigenvalue weighted by atomic mass is 35.5. The van der Waals surface area contributed by atoms with Gasteiger partial charge in [-0.25, -0.2) is 0 Å². The quantitative estimate of drug-likeness (QED) is 0.915. The van der Waals surface area contributed by atoms with Gasteiger partial charge in [-0.2, -0.15) is 0 Å². The van der Waals surface area contributed by atoms with Gasteiger partial charge < -0.3 is 5.73 Å². The van der Waals surface area contributed by atoms with Crippen molar-refractivity contribution in [3.63, 3.8) is 0 Å². The fourth-order valence-electron chi connectivity index (χ4n) is 1.99. The molecule has 0 aliphatic rings. The van der Waals surface area contributed by atoms with Gasteiger partial charge in [0, 0.05) is 16.5 Å². The van der Waals surface area contributed by atoms with Crippen molar-refractivity contribution in [2.24, 2.45) is 5.73 Å². The molecule has 1 atom stereocenters. The van der Waals surface area contributed by atoms with Gasteiger partial charge in [0.05, 0.1) is 6.04 Å². The predicted octanol–water partition coefficient (Wildman–Crippen LogP) is 3.68. The first-order valence-corrected chi connectivity index (χ1v) is 7.08. The second kappa shape index (κ2) is 6.89. The van der Waals surface area contributed by atoms with Crippen LogP contribution in [0.4, 0.5) is 0 Å². The van der Waals surface area contributed by atoms with E-state index in [2.05, 4.69) is 0 Å². The van der Waals surface area contributed by atoms with Gasteiger partial charge in [0.25, 0.3) is 0 Å². The van der Waals surface area contributed by atoms with Crippen molar-refractivity contribution in [2.45, 2.75) is 18.9 Å². The Kier molecular flexibility index (Phi) is 5.18. The van der Waals surface area contributed by atoms with Gasteiger partial charge in [0.15, 0.2) is 5.78 Å². The maximum Gasteiger partial charge on any atom is 0.154 e. The summed E-state index contributed by atoms with van der Waals surface area (Å²) in [5.74, 6) is -0.0659. The molecule has 0 radical (unpaired) electrons. The van der Waals surface area contributed by atoms with Gasteiger partial charge in [-0.15, -0.1) is 0 Å². The molecule has 2 rings (SSSR count). The van der Waals surface area contributed by atoms with Crippen molar-refractivity contribution in [1.29, 1.82) is 0 Å². The Balaban J connectivity index is 2.05. The number of nitrogens with two attached hydrogens (primary N) is 1. The molecule has 0 aromatic heterocycles. The average Bonchev–Trinajstić information content (AvgIpc) is 2.44. The summed E-state index contributed by atoms with van der Waals surface area (Å²) in [6, 6.07) is 14.3. The molecule has 0 aliphatic carbocycles. The van der Waals surface area contributed by atoms with Crippen molar-refractivity contribution >= 4 is 29.0 Å². The maximum atomic E-state index is 12.2. The summed E-state index contributed by atoms with van der Waals surface area (Å²) in [7, 11) is 0. The summed E-state index contributed by atoms with van der Waals surface area (Å²) in [4.78, 5) is 12.2. The van der Waals surface area contributed by atoms with Gasteiger partial charge in [-0.3, -0.25) is 4.79 Å². The fourth-order valence-corrected chi connectivity index (χ4v) is 2.52. The zero-order chi connectivity index (χ0) is 14.5. The zero-order valence-electron chi connectivity index (χ0n) is 10.9. The Morgan fingerprint density at radius 3 is 2.20 bits per heavy atom. The van der Waals surface area contributed by atoms with E-state index in [4.69, 9.17) is 28.9 Å². The molecular weight excluding hydrogens is 293 g/mol. The van der Waals surface area contributed by atoms with Gasteiger partial charge in [-0.1, -0.05) is 59.6 Å². The number of ketones is 1. The van der Waals surface area contributed by atoms with Crippen molar-refractivity contribution in [3.05, 3.63) is 69.7 Å². The Bertz CT molecular complexity index is 578. The van der Waals surface area contributed by atoms with Crippen LogP contribution < -0.4 is 5.73 Å². The van der Waals surface area contributed by atoms with E-state index in [9.17, 15) is 4.79 Å². The molecule has 2 nitrogen and oxygen atoms in total. The van der Waals surface area contributed by atoms with Crippen LogP contribution in [0.1, 0.15) is 11.1 Å². The van der Waals surface area contributed by atoms with E-state index < -0.39 is 6.04 Å². The first-order chi connectivity index (χ1) is 9.58. The van der Waals surface area contributed by atoms with Crippen molar-refractivity contribution in [1.82, 2.24) is 0 Å². The molecule has 0 spiro atoms. The normalized spacial score (nSPS) is 12.2. The lowest BCUT2D eigenvalue weighted by Crippen LogP contribution is -2.34. The van der Waals surface area contributed by atoms with E-state index in [0.29, 0.717) is 22.0 Å².